The second-order valence-electron chi connectivity index (χ2n) is 7.15. The van der Waals surface area contributed by atoms with Gasteiger partial charge in [0.15, 0.2) is 0 Å². The SMILES string of the molecule is Cc1[nH]c2c(F)ccc(C)c2c1CCNC(=O)c1cc2ccc(OC(=O)O)cc2[nH]1. The lowest BCUT2D eigenvalue weighted by atomic mass is 10.0. The first kappa shape index (κ1) is 19.5. The molecule has 0 fully saturated rings. The molecule has 0 atom stereocenters. The number of carbonyl (C=O) groups is 2. The van der Waals surface area contributed by atoms with Crippen LogP contribution in [0.2, 0.25) is 0 Å². The number of hydrogen-bond acceptors (Lipinski definition) is 3. The summed E-state index contributed by atoms with van der Waals surface area (Å²) in [4.78, 5) is 29.3. The van der Waals surface area contributed by atoms with E-state index in [9.17, 15) is 14.0 Å². The van der Waals surface area contributed by atoms with E-state index < -0.39 is 6.16 Å². The molecule has 4 N–H and O–H groups in total. The minimum absolute atomic E-state index is 0.168. The highest BCUT2D eigenvalue weighted by Crippen LogP contribution is 2.28. The van der Waals surface area contributed by atoms with Gasteiger partial charge in [-0.15, -0.1) is 0 Å². The molecule has 0 aliphatic heterocycles. The number of aryl methyl sites for hydroxylation is 2. The van der Waals surface area contributed by atoms with E-state index in [0.29, 0.717) is 29.7 Å². The molecule has 8 heteroatoms. The molecule has 0 aliphatic rings. The number of fused-ring (bicyclic) bond motifs is 2. The van der Waals surface area contributed by atoms with E-state index in [2.05, 4.69) is 20.0 Å². The van der Waals surface area contributed by atoms with Crippen molar-refractivity contribution in [2.45, 2.75) is 20.3 Å². The van der Waals surface area contributed by atoms with Gasteiger partial charge >= 0.3 is 6.16 Å². The van der Waals surface area contributed by atoms with Crippen LogP contribution in [0.4, 0.5) is 9.18 Å². The monoisotopic (exact) mass is 409 g/mol. The highest BCUT2D eigenvalue weighted by molar-refractivity contribution is 5.98. The van der Waals surface area contributed by atoms with Crippen LogP contribution >= 0.6 is 0 Å². The van der Waals surface area contributed by atoms with Crippen molar-refractivity contribution in [3.05, 3.63) is 64.7 Å². The molecule has 2 heterocycles. The van der Waals surface area contributed by atoms with Crippen molar-refractivity contribution in [3.63, 3.8) is 0 Å². The molecule has 0 saturated heterocycles. The van der Waals surface area contributed by atoms with Crippen LogP contribution in [0.5, 0.6) is 5.75 Å². The zero-order chi connectivity index (χ0) is 21.4. The molecule has 7 nitrogen and oxygen atoms in total. The Balaban J connectivity index is 1.48. The first-order chi connectivity index (χ1) is 14.3. The van der Waals surface area contributed by atoms with Crippen molar-refractivity contribution >= 4 is 33.9 Å². The van der Waals surface area contributed by atoms with E-state index >= 15 is 0 Å². The average molecular weight is 409 g/mol. The lowest BCUT2D eigenvalue weighted by Gasteiger charge is -2.06. The Morgan fingerprint density at radius 1 is 1.13 bits per heavy atom. The molecule has 0 saturated carbocycles. The zero-order valence-electron chi connectivity index (χ0n) is 16.4. The Kier molecular flexibility index (Phi) is 4.91. The first-order valence-corrected chi connectivity index (χ1v) is 9.41. The van der Waals surface area contributed by atoms with Crippen molar-refractivity contribution in [2.75, 3.05) is 6.54 Å². The lowest BCUT2D eigenvalue weighted by Crippen LogP contribution is -2.26. The number of amides is 1. The summed E-state index contributed by atoms with van der Waals surface area (Å²) in [5, 5.41) is 13.2. The van der Waals surface area contributed by atoms with Crippen LogP contribution in [0.1, 0.15) is 27.3 Å². The summed E-state index contributed by atoms with van der Waals surface area (Å²) in [5.74, 6) is -0.410. The number of benzene rings is 2. The number of rotatable bonds is 5. The van der Waals surface area contributed by atoms with Crippen molar-refractivity contribution in [3.8, 4) is 5.75 Å². The van der Waals surface area contributed by atoms with E-state index in [-0.39, 0.29) is 17.5 Å². The Bertz CT molecular complexity index is 1290. The van der Waals surface area contributed by atoms with Crippen LogP contribution in [0.15, 0.2) is 36.4 Å². The van der Waals surface area contributed by atoms with Crippen LogP contribution in [0.3, 0.4) is 0 Å². The van der Waals surface area contributed by atoms with Gasteiger partial charge in [-0.3, -0.25) is 4.79 Å². The maximum absolute atomic E-state index is 14.1. The van der Waals surface area contributed by atoms with Gasteiger partial charge in [-0.1, -0.05) is 6.07 Å². The van der Waals surface area contributed by atoms with Crippen molar-refractivity contribution in [1.29, 1.82) is 0 Å². The minimum Gasteiger partial charge on any atom is -0.449 e. The molecule has 2 aromatic carbocycles. The highest BCUT2D eigenvalue weighted by Gasteiger charge is 2.15. The van der Waals surface area contributed by atoms with Gasteiger partial charge in [0.1, 0.15) is 17.3 Å². The number of ether oxygens (including phenoxy) is 1. The highest BCUT2D eigenvalue weighted by atomic mass is 19.1. The van der Waals surface area contributed by atoms with Gasteiger partial charge in [0.25, 0.3) is 5.91 Å². The zero-order valence-corrected chi connectivity index (χ0v) is 16.4. The van der Waals surface area contributed by atoms with Gasteiger partial charge < -0.3 is 25.1 Å². The number of carbonyl (C=O) groups excluding carboxylic acids is 1. The fourth-order valence-corrected chi connectivity index (χ4v) is 3.74. The lowest BCUT2D eigenvalue weighted by molar-refractivity contribution is 0.0949. The normalized spacial score (nSPS) is 11.2. The van der Waals surface area contributed by atoms with Gasteiger partial charge in [0, 0.05) is 34.6 Å². The summed E-state index contributed by atoms with van der Waals surface area (Å²) in [7, 11) is 0. The number of halogens is 1. The number of nitrogens with one attached hydrogen (secondary N) is 3. The maximum Gasteiger partial charge on any atom is 0.511 e. The second kappa shape index (κ2) is 7.55. The maximum atomic E-state index is 14.1. The number of hydrogen-bond donors (Lipinski definition) is 4. The number of aromatic amines is 2. The minimum atomic E-state index is -1.40. The number of H-pyrrole nitrogens is 2. The predicted molar refractivity (Wildman–Crippen MR) is 111 cm³/mol. The molecule has 0 unspecified atom stereocenters. The predicted octanol–water partition coefficient (Wildman–Crippen LogP) is 4.43. The average Bonchev–Trinajstić information content (AvgIpc) is 3.26. The Morgan fingerprint density at radius 3 is 2.70 bits per heavy atom. The summed E-state index contributed by atoms with van der Waals surface area (Å²) in [6, 6.07) is 9.60. The van der Waals surface area contributed by atoms with Crippen molar-refractivity contribution in [2.24, 2.45) is 0 Å². The number of carboxylic acid groups (broad SMARTS) is 1. The molecule has 0 aliphatic carbocycles. The molecule has 0 spiro atoms. The van der Waals surface area contributed by atoms with E-state index in [1.54, 1.807) is 18.2 Å². The molecule has 154 valence electrons. The largest absolute Gasteiger partial charge is 0.511 e. The summed E-state index contributed by atoms with van der Waals surface area (Å²) < 4.78 is 18.7. The number of aromatic nitrogens is 2. The molecule has 4 rings (SSSR count). The van der Waals surface area contributed by atoms with Crippen molar-refractivity contribution < 1.29 is 23.8 Å². The summed E-state index contributed by atoms with van der Waals surface area (Å²) >= 11 is 0. The second-order valence-corrected chi connectivity index (χ2v) is 7.15. The van der Waals surface area contributed by atoms with Crippen LogP contribution < -0.4 is 10.1 Å². The quantitative estimate of drug-likeness (QED) is 0.289. The van der Waals surface area contributed by atoms with Crippen molar-refractivity contribution in [1.82, 2.24) is 15.3 Å². The first-order valence-electron chi connectivity index (χ1n) is 9.41. The van der Waals surface area contributed by atoms with Crippen LogP contribution in [0.25, 0.3) is 21.8 Å². The Labute approximate surface area is 170 Å². The molecular formula is C22H20FN3O4. The smallest absolute Gasteiger partial charge is 0.449 e. The van der Waals surface area contributed by atoms with Gasteiger partial charge in [0.2, 0.25) is 0 Å². The fourth-order valence-electron chi connectivity index (χ4n) is 3.74. The molecule has 0 radical (unpaired) electrons. The Hall–Kier alpha value is -3.81. The Morgan fingerprint density at radius 2 is 1.93 bits per heavy atom. The molecule has 1 amide bonds. The summed E-state index contributed by atoms with van der Waals surface area (Å²) in [6.07, 6.45) is -0.847. The van der Waals surface area contributed by atoms with E-state index in [1.807, 2.05) is 13.8 Å². The third-order valence-corrected chi connectivity index (χ3v) is 5.13. The van der Waals surface area contributed by atoms with Gasteiger partial charge in [-0.25, -0.2) is 9.18 Å². The molecule has 4 aromatic rings. The molecule has 0 bridgehead atoms. The van der Waals surface area contributed by atoms with Crippen LogP contribution in [0, 0.1) is 19.7 Å². The van der Waals surface area contributed by atoms with Gasteiger partial charge in [-0.2, -0.15) is 0 Å². The van der Waals surface area contributed by atoms with Crippen LogP contribution in [-0.4, -0.2) is 33.7 Å². The molecule has 30 heavy (non-hydrogen) atoms. The van der Waals surface area contributed by atoms with Crippen LogP contribution in [-0.2, 0) is 6.42 Å². The fraction of sp³-hybridized carbons (Fsp3) is 0.182. The molecule has 2 aromatic heterocycles. The third kappa shape index (κ3) is 3.59. The topological polar surface area (TPSA) is 107 Å². The summed E-state index contributed by atoms with van der Waals surface area (Å²) in [5.41, 5.74) is 4.28. The van der Waals surface area contributed by atoms with Gasteiger partial charge in [0.05, 0.1) is 5.52 Å². The third-order valence-electron chi connectivity index (χ3n) is 5.13. The van der Waals surface area contributed by atoms with E-state index in [0.717, 1.165) is 27.6 Å². The van der Waals surface area contributed by atoms with E-state index in [4.69, 9.17) is 5.11 Å². The molecular weight excluding hydrogens is 389 g/mol. The standard InChI is InChI=1S/C22H20FN3O4/c1-11-3-6-16(23)20-19(11)15(12(2)25-20)7-8-24-21(27)18-9-13-4-5-14(30-22(28)29)10-17(13)26-18/h3-6,9-10,25-26H,7-8H2,1-2H3,(H,24,27)(H,28,29). The summed E-state index contributed by atoms with van der Waals surface area (Å²) in [6.45, 7) is 4.21. The van der Waals surface area contributed by atoms with E-state index in [1.165, 1.54) is 18.2 Å². The van der Waals surface area contributed by atoms with Gasteiger partial charge in [-0.05, 0) is 55.7 Å².